The van der Waals surface area contributed by atoms with Gasteiger partial charge in [0.25, 0.3) is 0 Å². The van der Waals surface area contributed by atoms with Crippen molar-refractivity contribution in [3.05, 3.63) is 95.1 Å². The van der Waals surface area contributed by atoms with Crippen LogP contribution in [0, 0.1) is 32.1 Å². The number of carbonyl (C=O) groups is 1. The molecular formula is C31H29N3O2S. The minimum absolute atomic E-state index is 0.139. The van der Waals surface area contributed by atoms with Gasteiger partial charge >= 0.3 is 0 Å². The molecule has 6 heteroatoms. The zero-order valence-electron chi connectivity index (χ0n) is 21.6. The summed E-state index contributed by atoms with van der Waals surface area (Å²) in [6.07, 6.45) is 0. The van der Waals surface area contributed by atoms with E-state index < -0.39 is 5.25 Å². The topological polar surface area (TPSA) is 75.0 Å². The summed E-state index contributed by atoms with van der Waals surface area (Å²) in [4.78, 5) is 18.0. The molecule has 0 spiro atoms. The Bertz CT molecular complexity index is 1450. The molecule has 3 aromatic carbocycles. The first-order chi connectivity index (χ1) is 17.8. The number of aromatic nitrogens is 1. The monoisotopic (exact) mass is 507 g/mol. The number of anilines is 1. The van der Waals surface area contributed by atoms with Gasteiger partial charge in [-0.25, -0.2) is 4.98 Å². The maximum Gasteiger partial charge on any atom is 0.237 e. The third-order valence-corrected chi connectivity index (χ3v) is 7.32. The summed E-state index contributed by atoms with van der Waals surface area (Å²) in [5, 5.41) is 13.3. The average Bonchev–Trinajstić information content (AvgIpc) is 2.90. The molecular weight excluding hydrogens is 478 g/mol. The highest BCUT2D eigenvalue weighted by Crippen LogP contribution is 2.36. The molecule has 0 aliphatic heterocycles. The molecule has 0 radical (unpaired) electrons. The highest BCUT2D eigenvalue weighted by molar-refractivity contribution is 8.00. The van der Waals surface area contributed by atoms with E-state index in [0.717, 1.165) is 50.5 Å². The molecule has 0 bridgehead atoms. The molecule has 0 aliphatic rings. The highest BCUT2D eigenvalue weighted by atomic mass is 32.2. The normalized spacial score (nSPS) is 11.5. The van der Waals surface area contributed by atoms with E-state index in [4.69, 9.17) is 9.72 Å². The van der Waals surface area contributed by atoms with Crippen LogP contribution >= 0.6 is 11.8 Å². The number of ether oxygens (including phenoxy) is 1. The molecule has 4 rings (SSSR count). The summed E-state index contributed by atoms with van der Waals surface area (Å²) >= 11 is 1.29. The second-order valence-corrected chi connectivity index (χ2v) is 10.3. The van der Waals surface area contributed by atoms with Crippen LogP contribution in [0.25, 0.3) is 22.4 Å². The maximum absolute atomic E-state index is 13.2. The van der Waals surface area contributed by atoms with Crippen LogP contribution in [-0.4, -0.2) is 23.3 Å². The highest BCUT2D eigenvalue weighted by Gasteiger charge is 2.22. The van der Waals surface area contributed by atoms with Gasteiger partial charge in [-0.2, -0.15) is 5.26 Å². The van der Waals surface area contributed by atoms with Crippen molar-refractivity contribution in [3.63, 3.8) is 0 Å². The minimum atomic E-state index is -0.476. The summed E-state index contributed by atoms with van der Waals surface area (Å²) in [7, 11) is 1.62. The van der Waals surface area contributed by atoms with E-state index in [2.05, 4.69) is 11.4 Å². The van der Waals surface area contributed by atoms with Crippen molar-refractivity contribution in [2.75, 3.05) is 12.4 Å². The van der Waals surface area contributed by atoms with Crippen LogP contribution in [0.2, 0.25) is 0 Å². The lowest BCUT2D eigenvalue weighted by Gasteiger charge is -2.17. The molecule has 186 valence electrons. The van der Waals surface area contributed by atoms with Crippen LogP contribution < -0.4 is 10.1 Å². The largest absolute Gasteiger partial charge is 0.497 e. The Morgan fingerprint density at radius 3 is 2.19 bits per heavy atom. The third-order valence-electron chi connectivity index (χ3n) is 6.23. The summed E-state index contributed by atoms with van der Waals surface area (Å²) in [6, 6.07) is 25.9. The number of aryl methyl sites for hydroxylation is 3. The van der Waals surface area contributed by atoms with Crippen LogP contribution in [-0.2, 0) is 4.79 Å². The first-order valence-corrected chi connectivity index (χ1v) is 12.9. The Labute approximate surface area is 222 Å². The minimum Gasteiger partial charge on any atom is -0.497 e. The molecule has 1 atom stereocenters. The van der Waals surface area contributed by atoms with Crippen molar-refractivity contribution >= 4 is 23.4 Å². The van der Waals surface area contributed by atoms with E-state index in [-0.39, 0.29) is 5.91 Å². The van der Waals surface area contributed by atoms with E-state index in [1.54, 1.807) is 7.11 Å². The lowest BCUT2D eigenvalue weighted by molar-refractivity contribution is -0.115. The van der Waals surface area contributed by atoms with Crippen LogP contribution in [0.15, 0.2) is 77.8 Å². The number of pyridine rings is 1. The number of nitriles is 1. The number of thioether (sulfide) groups is 1. The quantitative estimate of drug-likeness (QED) is 0.265. The van der Waals surface area contributed by atoms with Gasteiger partial charge in [-0.15, -0.1) is 0 Å². The van der Waals surface area contributed by atoms with Gasteiger partial charge < -0.3 is 10.1 Å². The smallest absolute Gasteiger partial charge is 0.237 e. The first kappa shape index (κ1) is 26.0. The summed E-state index contributed by atoms with van der Waals surface area (Å²) < 4.78 is 5.31. The standard InChI is InChI=1S/C31H29N3O2S/c1-19-9-11-24(12-10-19)28-17-26(23-13-15-25(36-5)16-14-23)27(18-32)31(33-28)37-22(4)30(35)34-29-20(2)7-6-8-21(29)3/h6-17,22H,1-5H3,(H,34,35)/t22-/m0/s1. The molecule has 0 saturated carbocycles. The van der Waals surface area contributed by atoms with Crippen LogP contribution in [0.1, 0.15) is 29.2 Å². The van der Waals surface area contributed by atoms with Crippen molar-refractivity contribution in [1.82, 2.24) is 4.98 Å². The van der Waals surface area contributed by atoms with Crippen LogP contribution in [0.4, 0.5) is 5.69 Å². The fourth-order valence-corrected chi connectivity index (χ4v) is 4.97. The molecule has 0 aliphatic carbocycles. The zero-order valence-corrected chi connectivity index (χ0v) is 22.4. The number of para-hydroxylation sites is 1. The maximum atomic E-state index is 13.2. The SMILES string of the molecule is COc1ccc(-c2cc(-c3ccc(C)cc3)nc(S[C@@H](C)C(=O)Nc3c(C)cccc3C)c2C#N)cc1. The van der Waals surface area contributed by atoms with Crippen molar-refractivity contribution in [3.8, 4) is 34.2 Å². The van der Waals surface area contributed by atoms with Gasteiger partial charge in [-0.05, 0) is 62.6 Å². The number of carbonyl (C=O) groups excluding carboxylic acids is 1. The van der Waals surface area contributed by atoms with Gasteiger partial charge in [0.15, 0.2) is 0 Å². The number of benzene rings is 3. The number of nitrogens with one attached hydrogen (secondary N) is 1. The number of amides is 1. The van der Waals surface area contributed by atoms with Gasteiger partial charge in [0.1, 0.15) is 16.8 Å². The summed E-state index contributed by atoms with van der Waals surface area (Å²) in [5.41, 5.74) is 7.75. The number of hydrogen-bond acceptors (Lipinski definition) is 5. The van der Waals surface area contributed by atoms with E-state index in [1.165, 1.54) is 11.8 Å². The average molecular weight is 508 g/mol. The lowest BCUT2D eigenvalue weighted by Crippen LogP contribution is -2.23. The number of methoxy groups -OCH3 is 1. The molecule has 5 nitrogen and oxygen atoms in total. The first-order valence-electron chi connectivity index (χ1n) is 12.0. The van der Waals surface area contributed by atoms with Gasteiger partial charge in [-0.1, -0.05) is 71.9 Å². The van der Waals surface area contributed by atoms with Gasteiger partial charge in [0, 0.05) is 16.8 Å². The molecule has 1 aromatic heterocycles. The third kappa shape index (κ3) is 5.84. The Balaban J connectivity index is 1.75. The Hall–Kier alpha value is -4.08. The fourth-order valence-electron chi connectivity index (χ4n) is 4.04. The number of rotatable bonds is 7. The van der Waals surface area contributed by atoms with Crippen molar-refractivity contribution in [2.24, 2.45) is 0 Å². The molecule has 1 heterocycles. The number of nitrogens with zero attached hydrogens (tertiary/aromatic N) is 2. The fraction of sp³-hybridized carbons (Fsp3) is 0.194. The zero-order chi connectivity index (χ0) is 26.5. The van der Waals surface area contributed by atoms with E-state index >= 15 is 0 Å². The van der Waals surface area contributed by atoms with Gasteiger partial charge in [0.05, 0.1) is 23.6 Å². The van der Waals surface area contributed by atoms with Crippen molar-refractivity contribution < 1.29 is 9.53 Å². The molecule has 0 fully saturated rings. The summed E-state index contributed by atoms with van der Waals surface area (Å²) in [6.45, 7) is 7.82. The van der Waals surface area contributed by atoms with E-state index in [0.29, 0.717) is 10.6 Å². The van der Waals surface area contributed by atoms with E-state index in [1.807, 2.05) is 100 Å². The molecule has 1 amide bonds. The van der Waals surface area contributed by atoms with Gasteiger partial charge in [-0.3, -0.25) is 4.79 Å². The Kier molecular flexibility index (Phi) is 7.95. The molecule has 0 saturated heterocycles. The van der Waals surface area contributed by atoms with Crippen LogP contribution in [0.3, 0.4) is 0 Å². The molecule has 1 N–H and O–H groups in total. The molecule has 0 unspecified atom stereocenters. The van der Waals surface area contributed by atoms with Crippen molar-refractivity contribution in [1.29, 1.82) is 5.26 Å². The van der Waals surface area contributed by atoms with Crippen molar-refractivity contribution in [2.45, 2.75) is 38.0 Å². The van der Waals surface area contributed by atoms with E-state index in [9.17, 15) is 10.1 Å². The number of hydrogen-bond donors (Lipinski definition) is 1. The van der Waals surface area contributed by atoms with Gasteiger partial charge in [0.2, 0.25) is 5.91 Å². The predicted octanol–water partition coefficient (Wildman–Crippen LogP) is 7.34. The Morgan fingerprint density at radius 1 is 0.973 bits per heavy atom. The summed E-state index contributed by atoms with van der Waals surface area (Å²) in [5.74, 6) is 0.598. The second kappa shape index (κ2) is 11.3. The molecule has 37 heavy (non-hydrogen) atoms. The second-order valence-electron chi connectivity index (χ2n) is 8.96. The molecule has 4 aromatic rings. The lowest BCUT2D eigenvalue weighted by atomic mass is 9.99. The Morgan fingerprint density at radius 2 is 1.59 bits per heavy atom. The van der Waals surface area contributed by atoms with Crippen LogP contribution in [0.5, 0.6) is 5.75 Å². The predicted molar refractivity (Wildman–Crippen MR) is 151 cm³/mol.